The first-order chi connectivity index (χ1) is 8.33. The number of ether oxygens (including phenoxy) is 1. The Morgan fingerprint density at radius 2 is 2.12 bits per heavy atom. The minimum atomic E-state index is 0.382. The lowest BCUT2D eigenvalue weighted by Crippen LogP contribution is -2.42. The molecule has 1 heterocycles. The zero-order valence-corrected chi connectivity index (χ0v) is 10.6. The number of anilines is 1. The Morgan fingerprint density at radius 1 is 1.35 bits per heavy atom. The molecule has 0 saturated carbocycles. The SMILES string of the molecule is CCC1CN(c2ccc(CCN)cc2)CCO1. The van der Waals surface area contributed by atoms with Crippen LogP contribution in [0.3, 0.4) is 0 Å². The molecule has 1 aromatic rings. The number of nitrogens with two attached hydrogens (primary N) is 1. The van der Waals surface area contributed by atoms with Crippen LogP contribution in [0.4, 0.5) is 5.69 Å². The van der Waals surface area contributed by atoms with E-state index in [4.69, 9.17) is 10.5 Å². The van der Waals surface area contributed by atoms with Gasteiger partial charge in [-0.15, -0.1) is 0 Å². The van der Waals surface area contributed by atoms with E-state index in [2.05, 4.69) is 36.1 Å². The molecule has 1 atom stereocenters. The topological polar surface area (TPSA) is 38.5 Å². The summed E-state index contributed by atoms with van der Waals surface area (Å²) in [6, 6.07) is 8.75. The molecule has 1 unspecified atom stereocenters. The van der Waals surface area contributed by atoms with Crippen molar-refractivity contribution in [2.45, 2.75) is 25.9 Å². The summed E-state index contributed by atoms with van der Waals surface area (Å²) in [6.07, 6.45) is 2.43. The molecule has 1 fully saturated rings. The van der Waals surface area contributed by atoms with E-state index in [1.165, 1.54) is 11.3 Å². The Hall–Kier alpha value is -1.06. The molecule has 3 heteroatoms. The van der Waals surface area contributed by atoms with Crippen LogP contribution in [0.2, 0.25) is 0 Å². The van der Waals surface area contributed by atoms with Gasteiger partial charge in [-0.25, -0.2) is 0 Å². The average molecular weight is 234 g/mol. The lowest BCUT2D eigenvalue weighted by molar-refractivity contribution is 0.0384. The number of morpholine rings is 1. The lowest BCUT2D eigenvalue weighted by Gasteiger charge is -2.34. The second kappa shape index (κ2) is 6.03. The average Bonchev–Trinajstić information content (AvgIpc) is 2.40. The van der Waals surface area contributed by atoms with E-state index in [0.29, 0.717) is 6.10 Å². The summed E-state index contributed by atoms with van der Waals surface area (Å²) in [5.74, 6) is 0. The molecule has 1 saturated heterocycles. The van der Waals surface area contributed by atoms with Crippen molar-refractivity contribution in [2.75, 3.05) is 31.1 Å². The molecule has 1 aliphatic rings. The number of benzene rings is 1. The summed E-state index contributed by atoms with van der Waals surface area (Å²) in [5, 5.41) is 0. The number of hydrogen-bond acceptors (Lipinski definition) is 3. The van der Waals surface area contributed by atoms with Crippen LogP contribution in [0.1, 0.15) is 18.9 Å². The van der Waals surface area contributed by atoms with Crippen molar-refractivity contribution >= 4 is 5.69 Å². The van der Waals surface area contributed by atoms with Gasteiger partial charge < -0.3 is 15.4 Å². The number of rotatable bonds is 4. The molecular weight excluding hydrogens is 212 g/mol. The second-order valence-corrected chi connectivity index (χ2v) is 4.55. The molecular formula is C14H22N2O. The second-order valence-electron chi connectivity index (χ2n) is 4.55. The summed E-state index contributed by atoms with van der Waals surface area (Å²) in [5.41, 5.74) is 8.17. The summed E-state index contributed by atoms with van der Waals surface area (Å²) in [7, 11) is 0. The number of nitrogens with zero attached hydrogens (tertiary/aromatic N) is 1. The monoisotopic (exact) mass is 234 g/mol. The molecule has 3 nitrogen and oxygen atoms in total. The van der Waals surface area contributed by atoms with Gasteiger partial charge >= 0.3 is 0 Å². The van der Waals surface area contributed by atoms with Gasteiger partial charge in [-0.05, 0) is 37.1 Å². The van der Waals surface area contributed by atoms with Crippen LogP contribution in [0.25, 0.3) is 0 Å². The van der Waals surface area contributed by atoms with E-state index in [1.54, 1.807) is 0 Å². The molecule has 0 aromatic heterocycles. The van der Waals surface area contributed by atoms with Crippen LogP contribution < -0.4 is 10.6 Å². The third kappa shape index (κ3) is 3.20. The van der Waals surface area contributed by atoms with E-state index in [0.717, 1.165) is 39.1 Å². The third-order valence-corrected chi connectivity index (χ3v) is 3.33. The smallest absolute Gasteiger partial charge is 0.0748 e. The fourth-order valence-corrected chi connectivity index (χ4v) is 2.24. The quantitative estimate of drug-likeness (QED) is 0.863. The van der Waals surface area contributed by atoms with Crippen molar-refractivity contribution in [2.24, 2.45) is 5.73 Å². The molecule has 0 bridgehead atoms. The van der Waals surface area contributed by atoms with Crippen molar-refractivity contribution in [1.29, 1.82) is 0 Å². The Balaban J connectivity index is 2.01. The van der Waals surface area contributed by atoms with Crippen LogP contribution in [0.15, 0.2) is 24.3 Å². The van der Waals surface area contributed by atoms with Gasteiger partial charge in [0.05, 0.1) is 12.7 Å². The van der Waals surface area contributed by atoms with Crippen LogP contribution in [0.5, 0.6) is 0 Å². The molecule has 2 N–H and O–H groups in total. The highest BCUT2D eigenvalue weighted by Crippen LogP contribution is 2.19. The maximum absolute atomic E-state index is 5.68. The highest BCUT2D eigenvalue weighted by Gasteiger charge is 2.18. The van der Waals surface area contributed by atoms with Gasteiger partial charge in [-0.1, -0.05) is 19.1 Å². The third-order valence-electron chi connectivity index (χ3n) is 3.33. The zero-order chi connectivity index (χ0) is 12.1. The van der Waals surface area contributed by atoms with Crippen LogP contribution in [-0.4, -0.2) is 32.3 Å². The van der Waals surface area contributed by atoms with Gasteiger partial charge in [0, 0.05) is 18.8 Å². The normalized spacial score (nSPS) is 20.6. The van der Waals surface area contributed by atoms with Gasteiger partial charge in [-0.2, -0.15) is 0 Å². The summed E-state index contributed by atoms with van der Waals surface area (Å²) in [4.78, 5) is 2.41. The van der Waals surface area contributed by atoms with Crippen LogP contribution >= 0.6 is 0 Å². The Morgan fingerprint density at radius 3 is 2.76 bits per heavy atom. The molecule has 0 radical (unpaired) electrons. The van der Waals surface area contributed by atoms with Crippen molar-refractivity contribution in [3.05, 3.63) is 29.8 Å². The van der Waals surface area contributed by atoms with Gasteiger partial charge in [0.2, 0.25) is 0 Å². The standard InChI is InChI=1S/C14H22N2O/c1-2-14-11-16(9-10-17-14)13-5-3-12(4-6-13)7-8-15/h3-6,14H,2,7-11,15H2,1H3. The van der Waals surface area contributed by atoms with E-state index in [9.17, 15) is 0 Å². The minimum absolute atomic E-state index is 0.382. The Kier molecular flexibility index (Phi) is 4.40. The molecule has 1 aliphatic heterocycles. The van der Waals surface area contributed by atoms with Crippen LogP contribution in [0, 0.1) is 0 Å². The highest BCUT2D eigenvalue weighted by molar-refractivity contribution is 5.48. The van der Waals surface area contributed by atoms with Gasteiger partial charge in [-0.3, -0.25) is 0 Å². The largest absolute Gasteiger partial charge is 0.375 e. The first-order valence-electron chi connectivity index (χ1n) is 6.49. The molecule has 0 amide bonds. The van der Waals surface area contributed by atoms with Crippen molar-refractivity contribution in [3.8, 4) is 0 Å². The molecule has 0 spiro atoms. The molecule has 94 valence electrons. The zero-order valence-electron chi connectivity index (χ0n) is 10.6. The van der Waals surface area contributed by atoms with Gasteiger partial charge in [0.1, 0.15) is 0 Å². The van der Waals surface area contributed by atoms with E-state index >= 15 is 0 Å². The van der Waals surface area contributed by atoms with Crippen molar-refractivity contribution in [3.63, 3.8) is 0 Å². The van der Waals surface area contributed by atoms with Gasteiger partial charge in [0.25, 0.3) is 0 Å². The molecule has 17 heavy (non-hydrogen) atoms. The summed E-state index contributed by atoms with van der Waals surface area (Å²) < 4.78 is 5.68. The van der Waals surface area contributed by atoms with Crippen molar-refractivity contribution < 1.29 is 4.74 Å². The first kappa shape index (κ1) is 12.4. The fraction of sp³-hybridized carbons (Fsp3) is 0.571. The van der Waals surface area contributed by atoms with Crippen molar-refractivity contribution in [1.82, 2.24) is 0 Å². The molecule has 0 aliphatic carbocycles. The fourth-order valence-electron chi connectivity index (χ4n) is 2.24. The van der Waals surface area contributed by atoms with Gasteiger partial charge in [0.15, 0.2) is 0 Å². The Bertz CT molecular complexity index is 337. The van der Waals surface area contributed by atoms with E-state index in [-0.39, 0.29) is 0 Å². The summed E-state index contributed by atoms with van der Waals surface area (Å²) in [6.45, 7) is 5.73. The number of hydrogen-bond donors (Lipinski definition) is 1. The highest BCUT2D eigenvalue weighted by atomic mass is 16.5. The van der Waals surface area contributed by atoms with Crippen LogP contribution in [-0.2, 0) is 11.2 Å². The Labute approximate surface area is 104 Å². The molecule has 1 aromatic carbocycles. The molecule has 2 rings (SSSR count). The predicted molar refractivity (Wildman–Crippen MR) is 71.4 cm³/mol. The lowest BCUT2D eigenvalue weighted by atomic mass is 10.1. The predicted octanol–water partition coefficient (Wildman–Crippen LogP) is 1.80. The maximum Gasteiger partial charge on any atom is 0.0748 e. The summed E-state index contributed by atoms with van der Waals surface area (Å²) >= 11 is 0. The van der Waals surface area contributed by atoms with E-state index in [1.807, 2.05) is 0 Å². The maximum atomic E-state index is 5.68. The first-order valence-corrected chi connectivity index (χ1v) is 6.49. The van der Waals surface area contributed by atoms with E-state index < -0.39 is 0 Å². The minimum Gasteiger partial charge on any atom is -0.375 e.